The number of ether oxygens (including phenoxy) is 1. The van der Waals surface area contributed by atoms with Crippen LogP contribution < -0.4 is 5.73 Å². The molecule has 0 aromatic rings. The molecule has 5 nitrogen and oxygen atoms in total. The Morgan fingerprint density at radius 1 is 1.38 bits per heavy atom. The molecular weight excluding hydrogens is 226 g/mol. The molecule has 16 heavy (non-hydrogen) atoms. The maximum atomic E-state index is 11.7. The van der Waals surface area contributed by atoms with E-state index < -0.39 is 0 Å². The summed E-state index contributed by atoms with van der Waals surface area (Å²) >= 11 is 4.76. The number of rotatable bonds is 8. The van der Waals surface area contributed by atoms with Crippen LogP contribution in [0.1, 0.15) is 6.42 Å². The summed E-state index contributed by atoms with van der Waals surface area (Å²) in [6.45, 7) is 2.33. The predicted octanol–water partition coefficient (Wildman–Crippen LogP) is -0.301. The molecule has 94 valence electrons. The van der Waals surface area contributed by atoms with Gasteiger partial charge in [-0.05, 0) is 7.05 Å². The van der Waals surface area contributed by atoms with Crippen LogP contribution in [0.3, 0.4) is 0 Å². The summed E-state index contributed by atoms with van der Waals surface area (Å²) in [6, 6.07) is 0. The Bertz CT molecular complexity index is 236. The molecular formula is C10H21N3O2S. The first-order valence-electron chi connectivity index (χ1n) is 5.17. The lowest BCUT2D eigenvalue weighted by atomic mass is 10.3. The van der Waals surface area contributed by atoms with Crippen molar-refractivity contribution in [1.82, 2.24) is 9.80 Å². The Labute approximate surface area is 103 Å². The molecule has 0 fully saturated rings. The maximum Gasteiger partial charge on any atom is 0.236 e. The van der Waals surface area contributed by atoms with Gasteiger partial charge in [0.25, 0.3) is 0 Å². The Hall–Kier alpha value is -0.720. The van der Waals surface area contributed by atoms with E-state index in [2.05, 4.69) is 0 Å². The molecule has 0 aliphatic rings. The smallest absolute Gasteiger partial charge is 0.236 e. The number of methoxy groups -OCH3 is 1. The Morgan fingerprint density at radius 3 is 2.50 bits per heavy atom. The van der Waals surface area contributed by atoms with Gasteiger partial charge in [0, 0.05) is 33.7 Å². The van der Waals surface area contributed by atoms with Gasteiger partial charge in [0.1, 0.15) is 0 Å². The number of carbonyl (C=O) groups excluding carboxylic acids is 1. The van der Waals surface area contributed by atoms with E-state index in [9.17, 15) is 4.79 Å². The summed E-state index contributed by atoms with van der Waals surface area (Å²) in [5.74, 6) is 0.0647. The normalized spacial score (nSPS) is 10.5. The van der Waals surface area contributed by atoms with E-state index in [0.29, 0.717) is 31.1 Å². The summed E-state index contributed by atoms with van der Waals surface area (Å²) < 4.78 is 4.93. The van der Waals surface area contributed by atoms with E-state index in [1.165, 1.54) is 0 Å². The lowest BCUT2D eigenvalue weighted by molar-refractivity contribution is -0.130. The molecule has 0 unspecified atom stereocenters. The number of hydrogen-bond acceptors (Lipinski definition) is 4. The molecule has 6 heteroatoms. The zero-order chi connectivity index (χ0) is 12.6. The number of nitrogens with two attached hydrogens (primary N) is 1. The van der Waals surface area contributed by atoms with Crippen molar-refractivity contribution in [1.29, 1.82) is 0 Å². The lowest BCUT2D eigenvalue weighted by Crippen LogP contribution is -2.38. The fraction of sp³-hybridized carbons (Fsp3) is 0.800. The SMILES string of the molecule is COCCN(C)CC(=O)N(C)CCC(N)=S. The minimum absolute atomic E-state index is 0.0647. The first-order valence-corrected chi connectivity index (χ1v) is 5.58. The highest BCUT2D eigenvalue weighted by Gasteiger charge is 2.11. The maximum absolute atomic E-state index is 11.7. The molecule has 0 heterocycles. The van der Waals surface area contributed by atoms with E-state index in [0.717, 1.165) is 6.54 Å². The molecule has 0 aromatic heterocycles. The minimum Gasteiger partial charge on any atom is -0.393 e. The highest BCUT2D eigenvalue weighted by molar-refractivity contribution is 7.80. The van der Waals surface area contributed by atoms with Gasteiger partial charge in [-0.1, -0.05) is 12.2 Å². The molecule has 0 aliphatic heterocycles. The van der Waals surface area contributed by atoms with E-state index >= 15 is 0 Å². The number of thiocarbonyl (C=S) groups is 1. The third-order valence-corrected chi connectivity index (χ3v) is 2.41. The van der Waals surface area contributed by atoms with Crippen LogP contribution in [0.5, 0.6) is 0 Å². The first-order chi connectivity index (χ1) is 7.47. The van der Waals surface area contributed by atoms with Crippen molar-refractivity contribution in [2.45, 2.75) is 6.42 Å². The number of nitrogens with zero attached hydrogens (tertiary/aromatic N) is 2. The molecule has 0 saturated carbocycles. The van der Waals surface area contributed by atoms with Crippen molar-refractivity contribution in [2.24, 2.45) is 5.73 Å². The van der Waals surface area contributed by atoms with E-state index in [1.54, 1.807) is 19.1 Å². The monoisotopic (exact) mass is 247 g/mol. The quantitative estimate of drug-likeness (QED) is 0.597. The van der Waals surface area contributed by atoms with Gasteiger partial charge in [-0.2, -0.15) is 0 Å². The molecule has 0 spiro atoms. The topological polar surface area (TPSA) is 58.8 Å². The second-order valence-electron chi connectivity index (χ2n) is 3.76. The summed E-state index contributed by atoms with van der Waals surface area (Å²) in [5, 5.41) is 0. The van der Waals surface area contributed by atoms with E-state index in [1.807, 2.05) is 11.9 Å². The second kappa shape index (κ2) is 8.43. The molecule has 0 aromatic carbocycles. The van der Waals surface area contributed by atoms with Crippen molar-refractivity contribution in [3.63, 3.8) is 0 Å². The van der Waals surface area contributed by atoms with Crippen LogP contribution in [0.15, 0.2) is 0 Å². The third-order valence-electron chi connectivity index (χ3n) is 2.20. The molecule has 1 amide bonds. The van der Waals surface area contributed by atoms with Gasteiger partial charge in [0.05, 0.1) is 18.1 Å². The van der Waals surface area contributed by atoms with Crippen LogP contribution in [-0.2, 0) is 9.53 Å². The summed E-state index contributed by atoms with van der Waals surface area (Å²) in [5.41, 5.74) is 5.37. The summed E-state index contributed by atoms with van der Waals surface area (Å²) in [7, 11) is 5.28. The average Bonchev–Trinajstić information content (AvgIpc) is 2.22. The summed E-state index contributed by atoms with van der Waals surface area (Å²) in [6.07, 6.45) is 0.569. The van der Waals surface area contributed by atoms with Crippen LogP contribution >= 0.6 is 12.2 Å². The van der Waals surface area contributed by atoms with Crippen molar-refractivity contribution >= 4 is 23.1 Å². The first kappa shape index (κ1) is 15.3. The second-order valence-corrected chi connectivity index (χ2v) is 4.29. The molecule has 0 bridgehead atoms. The van der Waals surface area contributed by atoms with Gasteiger partial charge in [0.2, 0.25) is 5.91 Å². The van der Waals surface area contributed by atoms with Gasteiger partial charge < -0.3 is 15.4 Å². The van der Waals surface area contributed by atoms with Crippen molar-refractivity contribution in [3.8, 4) is 0 Å². The van der Waals surface area contributed by atoms with Gasteiger partial charge in [-0.25, -0.2) is 0 Å². The fourth-order valence-corrected chi connectivity index (χ4v) is 1.17. The van der Waals surface area contributed by atoms with Crippen LogP contribution in [-0.4, -0.2) is 68.1 Å². The fourth-order valence-electron chi connectivity index (χ4n) is 1.08. The molecule has 0 atom stereocenters. The zero-order valence-electron chi connectivity index (χ0n) is 10.2. The zero-order valence-corrected chi connectivity index (χ0v) is 11.0. The molecule has 0 radical (unpaired) electrons. The van der Waals surface area contributed by atoms with E-state index in [-0.39, 0.29) is 5.91 Å². The average molecular weight is 247 g/mol. The lowest BCUT2D eigenvalue weighted by Gasteiger charge is -2.21. The molecule has 2 N–H and O–H groups in total. The number of hydrogen-bond donors (Lipinski definition) is 1. The Balaban J connectivity index is 3.81. The van der Waals surface area contributed by atoms with Gasteiger partial charge in [-0.3, -0.25) is 9.69 Å². The number of carbonyl (C=O) groups is 1. The summed E-state index contributed by atoms with van der Waals surface area (Å²) in [4.78, 5) is 15.7. The van der Waals surface area contributed by atoms with Crippen LogP contribution in [0.2, 0.25) is 0 Å². The standard InChI is InChI=1S/C10H21N3O2S/c1-12(6-7-15-3)8-10(14)13(2)5-4-9(11)16/h4-8H2,1-3H3,(H2,11,16). The van der Waals surface area contributed by atoms with E-state index in [4.69, 9.17) is 22.7 Å². The Kier molecular flexibility index (Phi) is 8.05. The molecule has 0 rings (SSSR count). The van der Waals surface area contributed by atoms with Gasteiger partial charge in [-0.15, -0.1) is 0 Å². The molecule has 0 saturated heterocycles. The largest absolute Gasteiger partial charge is 0.393 e. The van der Waals surface area contributed by atoms with Gasteiger partial charge in [0.15, 0.2) is 0 Å². The van der Waals surface area contributed by atoms with Crippen LogP contribution in [0.4, 0.5) is 0 Å². The van der Waals surface area contributed by atoms with Crippen molar-refractivity contribution in [3.05, 3.63) is 0 Å². The number of likely N-dealkylation sites (N-methyl/N-ethyl adjacent to an activating group) is 2. The minimum atomic E-state index is 0.0647. The highest BCUT2D eigenvalue weighted by Crippen LogP contribution is 1.92. The van der Waals surface area contributed by atoms with Crippen molar-refractivity contribution in [2.75, 3.05) is 47.4 Å². The van der Waals surface area contributed by atoms with Gasteiger partial charge >= 0.3 is 0 Å². The highest BCUT2D eigenvalue weighted by atomic mass is 32.1. The predicted molar refractivity (Wildman–Crippen MR) is 68.4 cm³/mol. The Morgan fingerprint density at radius 2 is 2.00 bits per heavy atom. The van der Waals surface area contributed by atoms with Crippen molar-refractivity contribution < 1.29 is 9.53 Å². The third kappa shape index (κ3) is 7.56. The van der Waals surface area contributed by atoms with Crippen LogP contribution in [0, 0.1) is 0 Å². The van der Waals surface area contributed by atoms with Crippen LogP contribution in [0.25, 0.3) is 0 Å². The molecule has 0 aliphatic carbocycles. The number of amides is 1.